The maximum atomic E-state index is 10.0. The third kappa shape index (κ3) is 2.41. The van der Waals surface area contributed by atoms with E-state index in [0.717, 1.165) is 11.1 Å². The fraction of sp³-hybridized carbons (Fsp3) is 0.300. The molecule has 0 heterocycles. The zero-order valence-corrected chi connectivity index (χ0v) is 8.30. The van der Waals surface area contributed by atoms with Crippen molar-refractivity contribution in [1.29, 1.82) is 0 Å². The Morgan fingerprint density at radius 1 is 1.54 bits per heavy atom. The highest BCUT2D eigenvalue weighted by Crippen LogP contribution is 2.22. The van der Waals surface area contributed by atoms with Gasteiger partial charge < -0.3 is 0 Å². The van der Waals surface area contributed by atoms with Crippen LogP contribution in [0.1, 0.15) is 24.1 Å². The number of nitrogens with zero attached hydrogens (tertiary/aromatic N) is 1. The van der Waals surface area contributed by atoms with Crippen molar-refractivity contribution >= 4 is 17.7 Å². The van der Waals surface area contributed by atoms with Crippen molar-refractivity contribution in [3.8, 4) is 0 Å². The molecule has 0 saturated heterocycles. The van der Waals surface area contributed by atoms with Crippen LogP contribution in [0.2, 0.25) is 5.02 Å². The lowest BCUT2D eigenvalue weighted by Gasteiger charge is -2.08. The van der Waals surface area contributed by atoms with Gasteiger partial charge in [-0.1, -0.05) is 17.7 Å². The van der Waals surface area contributed by atoms with Crippen LogP contribution in [0.3, 0.4) is 0 Å². The summed E-state index contributed by atoms with van der Waals surface area (Å²) in [5.41, 5.74) is 2.05. The highest BCUT2D eigenvalue weighted by Gasteiger charge is 2.06. The minimum Gasteiger partial charge on any atom is -0.211 e. The molecule has 1 rings (SSSR count). The first-order chi connectivity index (χ1) is 6.15. The molecule has 1 aromatic rings. The molecule has 0 aromatic heterocycles. The molecule has 2 nitrogen and oxygen atoms in total. The van der Waals surface area contributed by atoms with Crippen LogP contribution in [0.15, 0.2) is 23.2 Å². The summed E-state index contributed by atoms with van der Waals surface area (Å²) in [6, 6.07) is 5.38. The van der Waals surface area contributed by atoms with Gasteiger partial charge in [-0.15, -0.1) is 0 Å². The number of aliphatic imine (C=N–C) groups is 1. The largest absolute Gasteiger partial charge is 0.235 e. The van der Waals surface area contributed by atoms with Gasteiger partial charge in [-0.3, -0.25) is 0 Å². The molecule has 0 N–H and O–H groups in total. The Bertz CT molecular complexity index is 356. The van der Waals surface area contributed by atoms with Crippen molar-refractivity contribution in [2.45, 2.75) is 19.9 Å². The maximum absolute atomic E-state index is 10.0. The second-order valence-corrected chi connectivity index (χ2v) is 3.33. The van der Waals surface area contributed by atoms with Crippen molar-refractivity contribution in [3.63, 3.8) is 0 Å². The molecule has 1 aromatic carbocycles. The minimum absolute atomic E-state index is 0.144. The monoisotopic (exact) mass is 195 g/mol. The van der Waals surface area contributed by atoms with E-state index >= 15 is 0 Å². The molecular formula is C10H10ClNO. The summed E-state index contributed by atoms with van der Waals surface area (Å²) in [6.07, 6.45) is 1.55. The summed E-state index contributed by atoms with van der Waals surface area (Å²) in [6.45, 7) is 3.79. The Morgan fingerprint density at radius 3 is 2.77 bits per heavy atom. The van der Waals surface area contributed by atoms with E-state index in [1.54, 1.807) is 12.1 Å². The van der Waals surface area contributed by atoms with Gasteiger partial charge in [-0.25, -0.2) is 4.79 Å². The second kappa shape index (κ2) is 4.22. The van der Waals surface area contributed by atoms with Gasteiger partial charge in [0.15, 0.2) is 0 Å². The number of halogens is 1. The lowest BCUT2D eigenvalue weighted by Crippen LogP contribution is -1.92. The first-order valence-electron chi connectivity index (χ1n) is 3.98. The van der Waals surface area contributed by atoms with Crippen molar-refractivity contribution in [1.82, 2.24) is 0 Å². The van der Waals surface area contributed by atoms with Crippen LogP contribution < -0.4 is 0 Å². The number of benzene rings is 1. The molecule has 68 valence electrons. The first-order valence-corrected chi connectivity index (χ1v) is 4.36. The van der Waals surface area contributed by atoms with Gasteiger partial charge in [0, 0.05) is 5.02 Å². The van der Waals surface area contributed by atoms with Crippen molar-refractivity contribution < 1.29 is 4.79 Å². The molecular weight excluding hydrogens is 186 g/mol. The molecule has 3 heteroatoms. The average Bonchev–Trinajstić information content (AvgIpc) is 2.04. The average molecular weight is 196 g/mol. The Balaban J connectivity index is 3.08. The molecule has 0 radical (unpaired) electrons. The Labute approximate surface area is 82.3 Å². The summed E-state index contributed by atoms with van der Waals surface area (Å²) in [5, 5.41) is 0.698. The minimum atomic E-state index is -0.144. The van der Waals surface area contributed by atoms with Gasteiger partial charge in [0.2, 0.25) is 6.08 Å². The maximum Gasteiger partial charge on any atom is 0.235 e. The van der Waals surface area contributed by atoms with E-state index in [2.05, 4.69) is 4.99 Å². The molecule has 1 unspecified atom stereocenters. The van der Waals surface area contributed by atoms with E-state index in [4.69, 9.17) is 11.6 Å². The van der Waals surface area contributed by atoms with Crippen LogP contribution >= 0.6 is 11.6 Å². The van der Waals surface area contributed by atoms with Gasteiger partial charge >= 0.3 is 0 Å². The van der Waals surface area contributed by atoms with Gasteiger partial charge in [-0.2, -0.15) is 4.99 Å². The normalized spacial score (nSPS) is 11.9. The molecule has 0 aliphatic rings. The Morgan fingerprint density at radius 2 is 2.23 bits per heavy atom. The van der Waals surface area contributed by atoms with E-state index in [9.17, 15) is 4.79 Å². The number of carbonyl (C=O) groups excluding carboxylic acids is 1. The number of aryl methyl sites for hydroxylation is 1. The third-order valence-electron chi connectivity index (χ3n) is 1.93. The van der Waals surface area contributed by atoms with Gasteiger partial charge in [0.05, 0.1) is 6.04 Å². The van der Waals surface area contributed by atoms with Crippen LogP contribution in [-0.4, -0.2) is 6.08 Å². The van der Waals surface area contributed by atoms with E-state index in [0.29, 0.717) is 5.02 Å². The summed E-state index contributed by atoms with van der Waals surface area (Å²) in [4.78, 5) is 13.7. The van der Waals surface area contributed by atoms with E-state index < -0.39 is 0 Å². The number of isocyanates is 1. The molecule has 0 saturated carbocycles. The smallest absolute Gasteiger partial charge is 0.211 e. The van der Waals surface area contributed by atoms with Crippen LogP contribution in [0.5, 0.6) is 0 Å². The molecule has 13 heavy (non-hydrogen) atoms. The van der Waals surface area contributed by atoms with Crippen molar-refractivity contribution in [2.75, 3.05) is 0 Å². The summed E-state index contributed by atoms with van der Waals surface area (Å²) >= 11 is 5.79. The topological polar surface area (TPSA) is 29.4 Å². The molecule has 1 atom stereocenters. The summed E-state index contributed by atoms with van der Waals surface area (Å²) < 4.78 is 0. The summed E-state index contributed by atoms with van der Waals surface area (Å²) in [5.74, 6) is 0. The lowest BCUT2D eigenvalue weighted by molar-refractivity contribution is 0.559. The fourth-order valence-corrected chi connectivity index (χ4v) is 1.48. The quantitative estimate of drug-likeness (QED) is 0.527. The predicted molar refractivity (Wildman–Crippen MR) is 52.7 cm³/mol. The standard InChI is InChI=1S/C10H10ClNO/c1-7-5-9(11)3-4-10(7)8(2)12-6-13/h3-5,8H,1-2H3. The third-order valence-corrected chi connectivity index (χ3v) is 2.16. The Kier molecular flexibility index (Phi) is 3.24. The number of rotatable bonds is 2. The van der Waals surface area contributed by atoms with E-state index in [-0.39, 0.29) is 6.04 Å². The molecule has 0 aliphatic heterocycles. The molecule has 0 fully saturated rings. The molecule has 0 bridgehead atoms. The molecule has 0 aliphatic carbocycles. The zero-order valence-electron chi connectivity index (χ0n) is 7.54. The molecule has 0 amide bonds. The van der Waals surface area contributed by atoms with E-state index in [1.165, 1.54) is 0 Å². The van der Waals surface area contributed by atoms with Gasteiger partial charge in [-0.05, 0) is 37.1 Å². The lowest BCUT2D eigenvalue weighted by atomic mass is 10.0. The summed E-state index contributed by atoms with van der Waals surface area (Å²) in [7, 11) is 0. The Hall–Kier alpha value is -1.11. The van der Waals surface area contributed by atoms with Crippen molar-refractivity contribution in [3.05, 3.63) is 34.3 Å². The van der Waals surface area contributed by atoms with Crippen LogP contribution in [0.25, 0.3) is 0 Å². The SMILES string of the molecule is Cc1cc(Cl)ccc1C(C)N=C=O. The van der Waals surface area contributed by atoms with Crippen LogP contribution in [0, 0.1) is 6.92 Å². The number of hydrogen-bond donors (Lipinski definition) is 0. The highest BCUT2D eigenvalue weighted by atomic mass is 35.5. The van der Waals surface area contributed by atoms with Crippen LogP contribution in [-0.2, 0) is 4.79 Å². The van der Waals surface area contributed by atoms with E-state index in [1.807, 2.05) is 26.0 Å². The second-order valence-electron chi connectivity index (χ2n) is 2.90. The van der Waals surface area contributed by atoms with Crippen molar-refractivity contribution in [2.24, 2.45) is 4.99 Å². The predicted octanol–water partition coefficient (Wildman–Crippen LogP) is 3.05. The zero-order chi connectivity index (χ0) is 9.84. The highest BCUT2D eigenvalue weighted by molar-refractivity contribution is 6.30. The first kappa shape index (κ1) is 9.97. The number of hydrogen-bond acceptors (Lipinski definition) is 2. The molecule has 0 spiro atoms. The fourth-order valence-electron chi connectivity index (χ4n) is 1.26. The van der Waals surface area contributed by atoms with Crippen LogP contribution in [0.4, 0.5) is 0 Å². The van der Waals surface area contributed by atoms with Gasteiger partial charge in [0.1, 0.15) is 0 Å². The van der Waals surface area contributed by atoms with Gasteiger partial charge in [0.25, 0.3) is 0 Å².